The van der Waals surface area contributed by atoms with Crippen molar-refractivity contribution >= 4 is 15.7 Å². The fourth-order valence-corrected chi connectivity index (χ4v) is 4.54. The van der Waals surface area contributed by atoms with E-state index in [0.29, 0.717) is 17.3 Å². The van der Waals surface area contributed by atoms with Crippen molar-refractivity contribution in [3.05, 3.63) is 65.9 Å². The second kappa shape index (κ2) is 7.42. The van der Waals surface area contributed by atoms with Gasteiger partial charge in [-0.3, -0.25) is 4.72 Å². The molecule has 0 atom stereocenters. The fourth-order valence-electron chi connectivity index (χ4n) is 3.43. The average molecular weight is 439 g/mol. The minimum absolute atomic E-state index is 0.172. The van der Waals surface area contributed by atoms with Gasteiger partial charge >= 0.3 is 6.18 Å². The number of rotatable bonds is 4. The number of anilines is 1. The zero-order valence-corrected chi connectivity index (χ0v) is 16.4. The second-order valence-electron chi connectivity index (χ2n) is 6.98. The van der Waals surface area contributed by atoms with Gasteiger partial charge in [0.2, 0.25) is 0 Å². The third-order valence-corrected chi connectivity index (χ3v) is 6.27. The lowest BCUT2D eigenvalue weighted by molar-refractivity contribution is -0.140. The monoisotopic (exact) mass is 439 g/mol. The molecule has 30 heavy (non-hydrogen) atoms. The molecule has 4 rings (SSSR count). The van der Waals surface area contributed by atoms with Crippen LogP contribution in [0.2, 0.25) is 0 Å². The first-order chi connectivity index (χ1) is 14.1. The summed E-state index contributed by atoms with van der Waals surface area (Å²) in [5.41, 5.74) is -0.396. The molecule has 1 aliphatic rings. The van der Waals surface area contributed by atoms with Crippen LogP contribution in [-0.4, -0.2) is 18.0 Å². The molecule has 0 bridgehead atoms. The van der Waals surface area contributed by atoms with E-state index in [1.165, 1.54) is 6.07 Å². The topological polar surface area (TPSA) is 64.0 Å². The molecule has 2 heterocycles. The van der Waals surface area contributed by atoms with Gasteiger partial charge in [0, 0.05) is 24.7 Å². The number of imidazole rings is 1. The van der Waals surface area contributed by atoms with E-state index in [1.54, 1.807) is 18.2 Å². The van der Waals surface area contributed by atoms with Crippen molar-refractivity contribution in [1.29, 1.82) is 0 Å². The van der Waals surface area contributed by atoms with Crippen molar-refractivity contribution in [2.24, 2.45) is 0 Å². The number of hydrogen-bond donors (Lipinski definition) is 1. The number of halogens is 4. The van der Waals surface area contributed by atoms with Gasteiger partial charge in [0.25, 0.3) is 10.0 Å². The lowest BCUT2D eigenvalue weighted by Gasteiger charge is -2.13. The van der Waals surface area contributed by atoms with Gasteiger partial charge in [-0.25, -0.2) is 17.8 Å². The second-order valence-corrected chi connectivity index (χ2v) is 8.67. The Hall–Kier alpha value is -2.88. The maximum Gasteiger partial charge on any atom is 0.419 e. The van der Waals surface area contributed by atoms with Crippen LogP contribution < -0.4 is 4.72 Å². The fraction of sp³-hybridized carbons (Fsp3) is 0.250. The van der Waals surface area contributed by atoms with E-state index in [1.807, 2.05) is 10.8 Å². The van der Waals surface area contributed by atoms with Gasteiger partial charge < -0.3 is 4.57 Å². The van der Waals surface area contributed by atoms with Gasteiger partial charge in [0.15, 0.2) is 0 Å². The van der Waals surface area contributed by atoms with Crippen molar-refractivity contribution in [2.45, 2.75) is 36.9 Å². The van der Waals surface area contributed by atoms with E-state index in [-0.39, 0.29) is 11.8 Å². The Labute approximate surface area is 170 Å². The molecular weight excluding hydrogens is 422 g/mol. The van der Waals surface area contributed by atoms with Crippen LogP contribution in [0.5, 0.6) is 0 Å². The van der Waals surface area contributed by atoms with Crippen LogP contribution in [0.25, 0.3) is 11.3 Å². The summed E-state index contributed by atoms with van der Waals surface area (Å²) in [6, 6.07) is 8.07. The van der Waals surface area contributed by atoms with Crippen LogP contribution in [0.3, 0.4) is 0 Å². The number of hydrogen-bond acceptors (Lipinski definition) is 3. The molecule has 3 aromatic rings. The highest BCUT2D eigenvalue weighted by molar-refractivity contribution is 7.92. The van der Waals surface area contributed by atoms with E-state index in [9.17, 15) is 26.0 Å². The van der Waals surface area contributed by atoms with Gasteiger partial charge in [-0.1, -0.05) is 18.2 Å². The quantitative estimate of drug-likeness (QED) is 0.592. The summed E-state index contributed by atoms with van der Waals surface area (Å²) in [7, 11) is -4.40. The van der Waals surface area contributed by atoms with Gasteiger partial charge in [0.1, 0.15) is 11.6 Å². The summed E-state index contributed by atoms with van der Waals surface area (Å²) < 4.78 is 82.3. The van der Waals surface area contributed by atoms with E-state index < -0.39 is 32.5 Å². The number of para-hydroxylation sites is 1. The third kappa shape index (κ3) is 3.91. The van der Waals surface area contributed by atoms with Gasteiger partial charge in [-0.15, -0.1) is 0 Å². The molecule has 0 saturated heterocycles. The first-order valence-corrected chi connectivity index (χ1v) is 10.7. The number of nitrogens with zero attached hydrogens (tertiary/aromatic N) is 2. The number of alkyl halides is 3. The molecule has 0 fully saturated rings. The van der Waals surface area contributed by atoms with E-state index in [0.717, 1.165) is 37.7 Å². The average Bonchev–Trinajstić information content (AvgIpc) is 3.11. The molecule has 1 N–H and O–H groups in total. The Balaban J connectivity index is 1.71. The molecular formula is C20H17F4N3O2S. The maximum absolute atomic E-state index is 13.5. The van der Waals surface area contributed by atoms with Crippen LogP contribution in [0.15, 0.2) is 53.6 Å². The summed E-state index contributed by atoms with van der Waals surface area (Å²) >= 11 is 0. The van der Waals surface area contributed by atoms with Crippen LogP contribution in [-0.2, 0) is 29.2 Å². The highest BCUT2D eigenvalue weighted by Gasteiger charge is 2.35. The normalized spacial score (nSPS) is 14.4. The Morgan fingerprint density at radius 2 is 1.83 bits per heavy atom. The molecule has 1 aliphatic heterocycles. The SMILES string of the molecule is O=S(=O)(Nc1ccccc1-c1cn2c(n1)CCCC2)c1ccc(F)c(C(F)(F)F)c1. The van der Waals surface area contributed by atoms with Crippen LogP contribution in [0.1, 0.15) is 24.2 Å². The van der Waals surface area contributed by atoms with Crippen molar-refractivity contribution < 1.29 is 26.0 Å². The smallest absolute Gasteiger partial charge is 0.334 e. The van der Waals surface area contributed by atoms with Gasteiger partial charge in [0.05, 0.1) is 21.8 Å². The molecule has 10 heteroatoms. The first kappa shape index (κ1) is 20.4. The third-order valence-electron chi connectivity index (χ3n) is 4.91. The van der Waals surface area contributed by atoms with E-state index in [2.05, 4.69) is 9.71 Å². The Morgan fingerprint density at radius 3 is 2.57 bits per heavy atom. The number of fused-ring (bicyclic) bond motifs is 1. The number of benzene rings is 2. The molecule has 5 nitrogen and oxygen atoms in total. The van der Waals surface area contributed by atoms with Crippen LogP contribution >= 0.6 is 0 Å². The predicted molar refractivity (Wildman–Crippen MR) is 103 cm³/mol. The lowest BCUT2D eigenvalue weighted by atomic mass is 10.1. The molecule has 2 aromatic carbocycles. The Morgan fingerprint density at radius 1 is 1.07 bits per heavy atom. The zero-order valence-electron chi connectivity index (χ0n) is 15.6. The molecule has 1 aromatic heterocycles. The van der Waals surface area contributed by atoms with E-state index >= 15 is 0 Å². The predicted octanol–water partition coefficient (Wildman–Crippen LogP) is 4.85. The van der Waals surface area contributed by atoms with Crippen LogP contribution in [0.4, 0.5) is 23.2 Å². The van der Waals surface area contributed by atoms with Crippen molar-refractivity contribution in [3.63, 3.8) is 0 Å². The lowest BCUT2D eigenvalue weighted by Crippen LogP contribution is -2.16. The Bertz CT molecular complexity index is 1180. The molecule has 158 valence electrons. The molecule has 0 radical (unpaired) electrons. The Kier molecular flexibility index (Phi) is 5.05. The largest absolute Gasteiger partial charge is 0.419 e. The maximum atomic E-state index is 13.5. The molecule has 0 aliphatic carbocycles. The van der Waals surface area contributed by atoms with E-state index in [4.69, 9.17) is 0 Å². The number of sulfonamides is 1. The molecule has 0 amide bonds. The summed E-state index contributed by atoms with van der Waals surface area (Å²) in [6.07, 6.45) is -0.298. The summed E-state index contributed by atoms with van der Waals surface area (Å²) in [5, 5.41) is 0. The van der Waals surface area contributed by atoms with Crippen molar-refractivity contribution in [2.75, 3.05) is 4.72 Å². The highest BCUT2D eigenvalue weighted by Crippen LogP contribution is 2.34. The number of aryl methyl sites for hydroxylation is 2. The van der Waals surface area contributed by atoms with Crippen molar-refractivity contribution in [1.82, 2.24) is 9.55 Å². The van der Waals surface area contributed by atoms with Gasteiger partial charge in [-0.05, 0) is 37.1 Å². The number of aromatic nitrogens is 2. The molecule has 0 saturated carbocycles. The van der Waals surface area contributed by atoms with Gasteiger partial charge in [-0.2, -0.15) is 13.2 Å². The van der Waals surface area contributed by atoms with Crippen molar-refractivity contribution in [3.8, 4) is 11.3 Å². The number of nitrogens with one attached hydrogen (secondary N) is 1. The molecule has 0 spiro atoms. The summed E-state index contributed by atoms with van der Waals surface area (Å²) in [4.78, 5) is 3.89. The standard InChI is InChI=1S/C20H17F4N3O2S/c21-16-9-8-13(11-15(16)20(22,23)24)30(28,29)26-17-6-2-1-5-14(17)18-12-27-10-4-3-7-19(27)25-18/h1-2,5-6,8-9,11-12,26H,3-4,7,10H2. The summed E-state index contributed by atoms with van der Waals surface area (Å²) in [6.45, 7) is 0.825. The summed E-state index contributed by atoms with van der Waals surface area (Å²) in [5.74, 6) is -0.632. The van der Waals surface area contributed by atoms with Crippen LogP contribution in [0, 0.1) is 5.82 Å². The molecule has 0 unspecified atom stereocenters. The minimum Gasteiger partial charge on any atom is -0.334 e. The first-order valence-electron chi connectivity index (χ1n) is 9.20. The highest BCUT2D eigenvalue weighted by atomic mass is 32.2. The zero-order chi connectivity index (χ0) is 21.5. The minimum atomic E-state index is -5.01.